The number of likely N-dealkylation sites (tertiary alicyclic amines) is 1. The highest BCUT2D eigenvalue weighted by Gasteiger charge is 2.33. The minimum atomic E-state index is -0.445. The lowest BCUT2D eigenvalue weighted by molar-refractivity contribution is 0.00944. The normalized spacial score (nSPS) is 21.2. The third-order valence-electron chi connectivity index (χ3n) is 4.39. The van der Waals surface area contributed by atoms with Gasteiger partial charge in [0.05, 0.1) is 6.04 Å². The van der Waals surface area contributed by atoms with Crippen LogP contribution in [0.3, 0.4) is 0 Å². The van der Waals surface area contributed by atoms with Gasteiger partial charge in [-0.05, 0) is 63.6 Å². The average Bonchev–Trinajstić information content (AvgIpc) is 2.93. The van der Waals surface area contributed by atoms with Gasteiger partial charge in [-0.1, -0.05) is 12.1 Å². The summed E-state index contributed by atoms with van der Waals surface area (Å²) in [7, 11) is 0. The lowest BCUT2D eigenvalue weighted by Crippen LogP contribution is -2.42. The molecule has 120 valence electrons. The first-order valence-electron chi connectivity index (χ1n) is 8.31. The SMILES string of the molecule is CC(C)(C)OC(=O)N1CCCCC1c1cccc2c1CCN2. The highest BCUT2D eigenvalue weighted by atomic mass is 16.6. The van der Waals surface area contributed by atoms with E-state index in [0.29, 0.717) is 0 Å². The van der Waals surface area contributed by atoms with Crippen LogP contribution in [-0.4, -0.2) is 29.7 Å². The van der Waals surface area contributed by atoms with E-state index in [0.717, 1.165) is 32.4 Å². The summed E-state index contributed by atoms with van der Waals surface area (Å²) in [6, 6.07) is 6.55. The van der Waals surface area contributed by atoms with Crippen LogP contribution in [0.25, 0.3) is 0 Å². The van der Waals surface area contributed by atoms with E-state index >= 15 is 0 Å². The molecule has 4 nitrogen and oxygen atoms in total. The van der Waals surface area contributed by atoms with Crippen molar-refractivity contribution in [3.63, 3.8) is 0 Å². The van der Waals surface area contributed by atoms with E-state index in [2.05, 4.69) is 23.5 Å². The Morgan fingerprint density at radius 1 is 1.32 bits per heavy atom. The van der Waals surface area contributed by atoms with Gasteiger partial charge >= 0.3 is 6.09 Å². The summed E-state index contributed by atoms with van der Waals surface area (Å²) in [4.78, 5) is 14.5. The lowest BCUT2D eigenvalue weighted by atomic mass is 9.91. The summed E-state index contributed by atoms with van der Waals surface area (Å²) in [6.07, 6.45) is 4.12. The van der Waals surface area contributed by atoms with Gasteiger partial charge in [0.15, 0.2) is 0 Å². The molecule has 0 radical (unpaired) electrons. The van der Waals surface area contributed by atoms with Gasteiger partial charge in [-0.25, -0.2) is 4.79 Å². The number of fused-ring (bicyclic) bond motifs is 1. The Bertz CT molecular complexity index is 563. The molecule has 4 heteroatoms. The maximum Gasteiger partial charge on any atom is 0.410 e. The van der Waals surface area contributed by atoms with E-state index in [1.54, 1.807) is 0 Å². The van der Waals surface area contributed by atoms with Crippen molar-refractivity contribution in [1.29, 1.82) is 0 Å². The zero-order valence-electron chi connectivity index (χ0n) is 13.8. The van der Waals surface area contributed by atoms with Crippen molar-refractivity contribution < 1.29 is 9.53 Å². The van der Waals surface area contributed by atoms with Crippen molar-refractivity contribution in [3.8, 4) is 0 Å². The van der Waals surface area contributed by atoms with Gasteiger partial charge in [0.25, 0.3) is 0 Å². The predicted octanol–water partition coefficient (Wildman–Crippen LogP) is 4.12. The summed E-state index contributed by atoms with van der Waals surface area (Å²) in [5, 5.41) is 3.43. The van der Waals surface area contributed by atoms with Crippen LogP contribution in [0.15, 0.2) is 18.2 Å². The third-order valence-corrected chi connectivity index (χ3v) is 4.39. The molecule has 1 atom stereocenters. The minimum absolute atomic E-state index is 0.151. The maximum atomic E-state index is 12.6. The molecule has 1 aromatic carbocycles. The van der Waals surface area contributed by atoms with E-state index in [9.17, 15) is 4.79 Å². The molecule has 0 saturated carbocycles. The first kappa shape index (κ1) is 15.2. The van der Waals surface area contributed by atoms with Gasteiger partial charge in [-0.3, -0.25) is 0 Å². The summed E-state index contributed by atoms with van der Waals surface area (Å²) >= 11 is 0. The van der Waals surface area contributed by atoms with E-state index in [1.807, 2.05) is 25.7 Å². The number of nitrogens with one attached hydrogen (secondary N) is 1. The average molecular weight is 302 g/mol. The Labute approximate surface area is 132 Å². The van der Waals surface area contributed by atoms with Crippen molar-refractivity contribution in [2.75, 3.05) is 18.4 Å². The Kier molecular flexibility index (Phi) is 4.02. The molecule has 0 bridgehead atoms. The number of nitrogens with zero attached hydrogens (tertiary/aromatic N) is 1. The molecule has 0 aromatic heterocycles. The Morgan fingerprint density at radius 3 is 2.91 bits per heavy atom. The van der Waals surface area contributed by atoms with Crippen molar-refractivity contribution in [2.45, 2.75) is 58.1 Å². The first-order chi connectivity index (χ1) is 10.5. The molecular weight excluding hydrogens is 276 g/mol. The van der Waals surface area contributed by atoms with Crippen LogP contribution in [-0.2, 0) is 11.2 Å². The van der Waals surface area contributed by atoms with Crippen LogP contribution in [0.2, 0.25) is 0 Å². The second kappa shape index (κ2) is 5.82. The zero-order valence-corrected chi connectivity index (χ0v) is 13.8. The standard InChI is InChI=1S/C18H26N2O2/c1-18(2,3)22-17(21)20-12-5-4-9-16(20)14-7-6-8-15-13(14)10-11-19-15/h6-8,16,19H,4-5,9-12H2,1-3H3. The molecule has 1 N–H and O–H groups in total. The van der Waals surface area contributed by atoms with E-state index in [4.69, 9.17) is 4.74 Å². The van der Waals surface area contributed by atoms with E-state index in [-0.39, 0.29) is 12.1 Å². The number of amides is 1. The number of rotatable bonds is 1. The molecule has 1 aromatic rings. The number of ether oxygens (including phenoxy) is 1. The molecule has 1 amide bonds. The summed E-state index contributed by atoms with van der Waals surface area (Å²) < 4.78 is 5.62. The fourth-order valence-corrected chi connectivity index (χ4v) is 3.48. The van der Waals surface area contributed by atoms with Crippen molar-refractivity contribution in [2.24, 2.45) is 0 Å². The highest BCUT2D eigenvalue weighted by molar-refractivity contribution is 5.70. The monoisotopic (exact) mass is 302 g/mol. The van der Waals surface area contributed by atoms with Crippen LogP contribution >= 0.6 is 0 Å². The molecule has 0 spiro atoms. The number of anilines is 1. The molecule has 0 aliphatic carbocycles. The summed E-state index contributed by atoms with van der Waals surface area (Å²) in [5.74, 6) is 0. The first-order valence-corrected chi connectivity index (χ1v) is 8.31. The molecule has 2 aliphatic heterocycles. The van der Waals surface area contributed by atoms with Crippen molar-refractivity contribution in [3.05, 3.63) is 29.3 Å². The molecule has 2 aliphatic rings. The summed E-state index contributed by atoms with van der Waals surface area (Å²) in [6.45, 7) is 7.55. The second-order valence-corrected chi connectivity index (χ2v) is 7.24. The number of benzene rings is 1. The lowest BCUT2D eigenvalue weighted by Gasteiger charge is -2.37. The van der Waals surface area contributed by atoms with Crippen LogP contribution in [0.4, 0.5) is 10.5 Å². The number of hydrogen-bond acceptors (Lipinski definition) is 3. The number of piperidine rings is 1. The second-order valence-electron chi connectivity index (χ2n) is 7.24. The Morgan fingerprint density at radius 2 is 2.14 bits per heavy atom. The molecule has 3 rings (SSSR count). The van der Waals surface area contributed by atoms with Crippen molar-refractivity contribution >= 4 is 11.8 Å². The third kappa shape index (κ3) is 3.06. The molecule has 1 fully saturated rings. The fraction of sp³-hybridized carbons (Fsp3) is 0.611. The van der Waals surface area contributed by atoms with E-state index < -0.39 is 5.60 Å². The molecular formula is C18H26N2O2. The number of carbonyl (C=O) groups excluding carboxylic acids is 1. The Hall–Kier alpha value is -1.71. The fourth-order valence-electron chi connectivity index (χ4n) is 3.48. The largest absolute Gasteiger partial charge is 0.444 e. The van der Waals surface area contributed by atoms with Gasteiger partial charge in [0.2, 0.25) is 0 Å². The van der Waals surface area contributed by atoms with Crippen LogP contribution < -0.4 is 5.32 Å². The molecule has 22 heavy (non-hydrogen) atoms. The predicted molar refractivity (Wildman–Crippen MR) is 88.2 cm³/mol. The van der Waals surface area contributed by atoms with Crippen LogP contribution in [0.1, 0.15) is 57.2 Å². The Balaban J connectivity index is 1.87. The number of carbonyl (C=O) groups is 1. The van der Waals surface area contributed by atoms with Crippen molar-refractivity contribution in [1.82, 2.24) is 4.90 Å². The molecule has 2 heterocycles. The maximum absolute atomic E-state index is 12.6. The van der Waals surface area contributed by atoms with Gasteiger partial charge in [0.1, 0.15) is 5.60 Å². The smallest absolute Gasteiger partial charge is 0.410 e. The van der Waals surface area contributed by atoms with Gasteiger partial charge in [0, 0.05) is 18.8 Å². The molecule has 1 saturated heterocycles. The minimum Gasteiger partial charge on any atom is -0.444 e. The number of hydrogen-bond donors (Lipinski definition) is 1. The summed E-state index contributed by atoms with van der Waals surface area (Å²) in [5.41, 5.74) is 3.46. The van der Waals surface area contributed by atoms with Gasteiger partial charge < -0.3 is 15.0 Å². The van der Waals surface area contributed by atoms with Gasteiger partial charge in [-0.2, -0.15) is 0 Å². The highest BCUT2D eigenvalue weighted by Crippen LogP contribution is 2.37. The quantitative estimate of drug-likeness (QED) is 0.848. The zero-order chi connectivity index (χ0) is 15.7. The van der Waals surface area contributed by atoms with E-state index in [1.165, 1.54) is 23.2 Å². The van der Waals surface area contributed by atoms with Crippen LogP contribution in [0.5, 0.6) is 0 Å². The molecule has 1 unspecified atom stereocenters. The topological polar surface area (TPSA) is 41.6 Å². The van der Waals surface area contributed by atoms with Gasteiger partial charge in [-0.15, -0.1) is 0 Å². The van der Waals surface area contributed by atoms with Crippen LogP contribution in [0, 0.1) is 0 Å².